The van der Waals surface area contributed by atoms with Crippen molar-refractivity contribution >= 4 is 6.08 Å². The summed E-state index contributed by atoms with van der Waals surface area (Å²) in [5.41, 5.74) is 2.64. The van der Waals surface area contributed by atoms with Crippen LogP contribution in [0, 0.1) is 12.3 Å². The molecule has 3 rings (SSSR count). The van der Waals surface area contributed by atoms with Gasteiger partial charge in [-0.15, -0.1) is 17.6 Å². The van der Waals surface area contributed by atoms with E-state index in [9.17, 15) is 0 Å². The number of hydrogen-bond acceptors (Lipinski definition) is 0. The Morgan fingerprint density at radius 2 is 1.61 bits per heavy atom. The number of hydrogen-bond donors (Lipinski definition) is 0. The number of allylic oxidation sites excluding steroid dienone is 5. The fourth-order valence-corrected chi connectivity index (χ4v) is 2.45. The Bertz CT molecular complexity index is 477. The van der Waals surface area contributed by atoms with Gasteiger partial charge in [-0.2, -0.15) is 0 Å². The van der Waals surface area contributed by atoms with Gasteiger partial charge >= 0.3 is 21.7 Å². The van der Waals surface area contributed by atoms with Gasteiger partial charge < -0.3 is 31.7 Å². The van der Waals surface area contributed by atoms with Crippen molar-refractivity contribution in [3.8, 4) is 0 Å². The molecule has 0 nitrogen and oxygen atoms in total. The first-order valence-electron chi connectivity index (χ1n) is 5.29. The van der Waals surface area contributed by atoms with E-state index in [0.717, 1.165) is 0 Å². The van der Waals surface area contributed by atoms with Crippen LogP contribution >= 0.6 is 0 Å². The van der Waals surface area contributed by atoms with Crippen molar-refractivity contribution in [1.82, 2.24) is 0 Å². The third-order valence-corrected chi connectivity index (χ3v) is 3.30. The van der Waals surface area contributed by atoms with Crippen LogP contribution in [0.2, 0.25) is 0 Å². The maximum atomic E-state index is 4.33. The Morgan fingerprint density at radius 3 is 2.28 bits per heavy atom. The van der Waals surface area contributed by atoms with Gasteiger partial charge in [0.15, 0.2) is 0 Å². The Morgan fingerprint density at radius 1 is 1.00 bits per heavy atom. The minimum atomic E-state index is -0.0803. The fraction of sp³-hybridized carbons (Fsp3) is 0.133. The number of benzene rings is 1. The largest absolute Gasteiger partial charge is 3.00 e. The average Bonchev–Trinajstić information content (AvgIpc) is 2.84. The minimum Gasteiger partial charge on any atom is -1.00 e. The first-order valence-corrected chi connectivity index (χ1v) is 5.29. The van der Waals surface area contributed by atoms with Gasteiger partial charge in [-0.3, -0.25) is 0 Å². The van der Waals surface area contributed by atoms with Crippen LogP contribution in [0.1, 0.15) is 17.0 Å². The molecule has 0 aliphatic heterocycles. The standard InChI is InChI=1S/C15H13.2ClH.Ti/c1-15(10-4-5-11-15)14-9-8-12-6-2-3-7-13(12)14;;;/h2-11,14H,1H2;2*1H;/q-1;;;+3/p-2. The molecule has 0 N–H and O–H groups in total. The van der Waals surface area contributed by atoms with Gasteiger partial charge in [0.05, 0.1) is 0 Å². The third-order valence-electron chi connectivity index (χ3n) is 3.30. The van der Waals surface area contributed by atoms with Crippen molar-refractivity contribution in [2.24, 2.45) is 5.41 Å². The molecule has 2 aliphatic carbocycles. The first kappa shape index (κ1) is 17.7. The molecule has 1 aromatic carbocycles. The molecule has 0 heterocycles. The minimum absolute atomic E-state index is 0. The molecule has 3 heteroatoms. The van der Waals surface area contributed by atoms with Crippen molar-refractivity contribution in [2.75, 3.05) is 0 Å². The molecule has 2 aliphatic rings. The number of rotatable bonds is 1. The predicted octanol–water partition coefficient (Wildman–Crippen LogP) is -2.25. The summed E-state index contributed by atoms with van der Waals surface area (Å²) < 4.78 is 0. The van der Waals surface area contributed by atoms with E-state index in [1.807, 2.05) is 0 Å². The molecular weight excluding hydrogens is 299 g/mol. The SMILES string of the molecule is [CH2-]C1(C2C=Cc3ccccc32)C=CC=C1.[Cl-].[Cl-].[Ti+3]. The van der Waals surface area contributed by atoms with E-state index in [4.69, 9.17) is 0 Å². The summed E-state index contributed by atoms with van der Waals surface area (Å²) in [6.45, 7) is 4.33. The van der Waals surface area contributed by atoms with Crippen molar-refractivity contribution in [3.63, 3.8) is 0 Å². The van der Waals surface area contributed by atoms with Gasteiger partial charge in [-0.25, -0.2) is 0 Å². The summed E-state index contributed by atoms with van der Waals surface area (Å²) in [5, 5.41) is 0. The van der Waals surface area contributed by atoms with E-state index in [0.29, 0.717) is 5.92 Å². The molecule has 0 fully saturated rings. The molecular formula is C15H13Cl2Ti. The second kappa shape index (κ2) is 6.77. The van der Waals surface area contributed by atoms with Crippen molar-refractivity contribution < 1.29 is 46.5 Å². The van der Waals surface area contributed by atoms with E-state index in [1.165, 1.54) is 11.1 Å². The van der Waals surface area contributed by atoms with Gasteiger partial charge in [0.25, 0.3) is 0 Å². The van der Waals surface area contributed by atoms with Crippen LogP contribution < -0.4 is 24.8 Å². The number of fused-ring (bicyclic) bond motifs is 1. The second-order valence-electron chi connectivity index (χ2n) is 4.30. The van der Waals surface area contributed by atoms with Crippen LogP contribution in [0.5, 0.6) is 0 Å². The Hall–Kier alpha value is -0.266. The van der Waals surface area contributed by atoms with Crippen LogP contribution in [0.4, 0.5) is 0 Å². The average molecular weight is 312 g/mol. The molecule has 1 atom stereocenters. The van der Waals surface area contributed by atoms with E-state index < -0.39 is 0 Å². The summed E-state index contributed by atoms with van der Waals surface area (Å²) in [5.74, 6) is 0.392. The van der Waals surface area contributed by atoms with Crippen molar-refractivity contribution in [1.29, 1.82) is 0 Å². The Balaban J connectivity index is 0.000000963. The molecule has 1 unspecified atom stereocenters. The Kier molecular flexibility index (Phi) is 6.67. The zero-order chi connectivity index (χ0) is 10.3. The molecule has 0 amide bonds. The molecule has 0 aromatic heterocycles. The molecule has 0 saturated carbocycles. The molecule has 0 saturated heterocycles. The smallest absolute Gasteiger partial charge is 1.00 e. The summed E-state index contributed by atoms with van der Waals surface area (Å²) in [4.78, 5) is 0. The van der Waals surface area contributed by atoms with E-state index in [2.05, 4.69) is 67.6 Å². The van der Waals surface area contributed by atoms with Crippen LogP contribution in [0.3, 0.4) is 0 Å². The molecule has 91 valence electrons. The molecule has 0 bridgehead atoms. The monoisotopic (exact) mass is 311 g/mol. The van der Waals surface area contributed by atoms with Gasteiger partial charge in [-0.1, -0.05) is 48.6 Å². The van der Waals surface area contributed by atoms with E-state index >= 15 is 0 Å². The molecule has 1 aromatic rings. The predicted molar refractivity (Wildman–Crippen MR) is 64.3 cm³/mol. The van der Waals surface area contributed by atoms with E-state index in [1.54, 1.807) is 0 Å². The molecule has 0 spiro atoms. The van der Waals surface area contributed by atoms with Crippen LogP contribution in [-0.2, 0) is 21.7 Å². The Labute approximate surface area is 136 Å². The summed E-state index contributed by atoms with van der Waals surface area (Å²) in [7, 11) is 0. The molecule has 18 heavy (non-hydrogen) atoms. The fourth-order valence-electron chi connectivity index (χ4n) is 2.45. The summed E-state index contributed by atoms with van der Waals surface area (Å²) in [6.07, 6.45) is 13.0. The topological polar surface area (TPSA) is 0 Å². The van der Waals surface area contributed by atoms with Crippen LogP contribution in [-0.4, -0.2) is 0 Å². The summed E-state index contributed by atoms with van der Waals surface area (Å²) >= 11 is 0. The van der Waals surface area contributed by atoms with Crippen molar-refractivity contribution in [3.05, 3.63) is 72.7 Å². The third kappa shape index (κ3) is 2.83. The van der Waals surface area contributed by atoms with Crippen molar-refractivity contribution in [2.45, 2.75) is 5.92 Å². The zero-order valence-electron chi connectivity index (χ0n) is 9.81. The van der Waals surface area contributed by atoms with Gasteiger partial charge in [0.2, 0.25) is 0 Å². The summed E-state index contributed by atoms with van der Waals surface area (Å²) in [6, 6.07) is 8.55. The quantitative estimate of drug-likeness (QED) is 0.406. The number of halogens is 2. The second-order valence-corrected chi connectivity index (χ2v) is 4.30. The van der Waals surface area contributed by atoms with Gasteiger partial charge in [-0.05, 0) is 17.0 Å². The maximum absolute atomic E-state index is 4.33. The maximum Gasteiger partial charge on any atom is 3.00 e. The molecule has 1 radical (unpaired) electrons. The van der Waals surface area contributed by atoms with E-state index in [-0.39, 0.29) is 51.9 Å². The first-order chi connectivity index (χ1) is 7.30. The van der Waals surface area contributed by atoms with Crippen LogP contribution in [0.15, 0.2) is 54.6 Å². The van der Waals surface area contributed by atoms with Gasteiger partial charge in [0.1, 0.15) is 0 Å². The zero-order valence-corrected chi connectivity index (χ0v) is 12.9. The normalized spacial score (nSPS) is 20.6. The van der Waals surface area contributed by atoms with Gasteiger partial charge in [0, 0.05) is 0 Å². The van der Waals surface area contributed by atoms with Crippen LogP contribution in [0.25, 0.3) is 6.08 Å².